The van der Waals surface area contributed by atoms with Gasteiger partial charge in [0.25, 0.3) is 0 Å². The van der Waals surface area contributed by atoms with Crippen LogP contribution in [0, 0.1) is 0 Å². The highest BCUT2D eigenvalue weighted by atomic mass is 32.2. The van der Waals surface area contributed by atoms with E-state index >= 15 is 0 Å². The molecule has 0 fully saturated rings. The maximum Gasteiger partial charge on any atom is 0.232 e. The van der Waals surface area contributed by atoms with E-state index in [0.717, 1.165) is 11.3 Å². The van der Waals surface area contributed by atoms with Gasteiger partial charge in [0.2, 0.25) is 10.0 Å². The highest BCUT2D eigenvalue weighted by Crippen LogP contribution is 2.20. The molecule has 0 saturated heterocycles. The molecule has 2 heterocycles. The Labute approximate surface area is 128 Å². The first kappa shape index (κ1) is 14.5. The number of nitrogens with zero attached hydrogens (tertiary/aromatic N) is 4. The average Bonchev–Trinajstić information content (AvgIpc) is 2.95. The second-order valence-electron chi connectivity index (χ2n) is 4.85. The van der Waals surface area contributed by atoms with Crippen LogP contribution >= 0.6 is 0 Å². The van der Waals surface area contributed by atoms with Crippen LogP contribution in [-0.2, 0) is 10.0 Å². The van der Waals surface area contributed by atoms with Gasteiger partial charge in [-0.25, -0.2) is 8.42 Å². The standard InChI is InChI=1S/C14H15N5O2S/c1-2-9-22(20,21)18-12-5-3-11(4-6-12)13-7-8-14-16-15-10-19(14)17-13/h3-8,10,18H,2,9H2,1H3. The van der Waals surface area contributed by atoms with E-state index in [1.165, 1.54) is 6.33 Å². The lowest BCUT2D eigenvalue weighted by molar-refractivity contribution is 0.600. The van der Waals surface area contributed by atoms with Gasteiger partial charge in [-0.05, 0) is 30.7 Å². The summed E-state index contributed by atoms with van der Waals surface area (Å²) in [6.07, 6.45) is 2.11. The fourth-order valence-electron chi connectivity index (χ4n) is 2.09. The summed E-state index contributed by atoms with van der Waals surface area (Å²) in [5.41, 5.74) is 2.86. The molecule has 0 aliphatic rings. The van der Waals surface area contributed by atoms with Gasteiger partial charge in [0.1, 0.15) is 6.33 Å². The van der Waals surface area contributed by atoms with E-state index in [2.05, 4.69) is 20.0 Å². The third-order valence-electron chi connectivity index (χ3n) is 3.09. The number of nitrogens with one attached hydrogen (secondary N) is 1. The molecule has 7 nitrogen and oxygen atoms in total. The molecule has 0 unspecified atom stereocenters. The number of benzene rings is 1. The van der Waals surface area contributed by atoms with Crippen molar-refractivity contribution in [3.8, 4) is 11.3 Å². The SMILES string of the molecule is CCCS(=O)(=O)Nc1ccc(-c2ccc3nncn3n2)cc1. The molecule has 0 aliphatic carbocycles. The molecule has 0 saturated carbocycles. The Kier molecular flexibility index (Phi) is 3.76. The molecular weight excluding hydrogens is 302 g/mol. The van der Waals surface area contributed by atoms with E-state index < -0.39 is 10.0 Å². The summed E-state index contributed by atoms with van der Waals surface area (Å²) < 4.78 is 27.6. The van der Waals surface area contributed by atoms with Gasteiger partial charge >= 0.3 is 0 Å². The molecule has 3 rings (SSSR count). The fraction of sp³-hybridized carbons (Fsp3) is 0.214. The van der Waals surface area contributed by atoms with E-state index in [-0.39, 0.29) is 5.75 Å². The van der Waals surface area contributed by atoms with Gasteiger partial charge in [0.05, 0.1) is 11.4 Å². The molecule has 1 aromatic carbocycles. The third kappa shape index (κ3) is 3.06. The summed E-state index contributed by atoms with van der Waals surface area (Å²) in [7, 11) is -3.27. The van der Waals surface area contributed by atoms with E-state index in [9.17, 15) is 8.42 Å². The normalized spacial score (nSPS) is 11.7. The maximum atomic E-state index is 11.7. The molecular formula is C14H15N5O2S. The number of rotatable bonds is 5. The predicted molar refractivity (Wildman–Crippen MR) is 83.9 cm³/mol. The van der Waals surface area contributed by atoms with Crippen LogP contribution < -0.4 is 4.72 Å². The average molecular weight is 317 g/mol. The topological polar surface area (TPSA) is 89.2 Å². The number of fused-ring (bicyclic) bond motifs is 1. The first-order valence-electron chi connectivity index (χ1n) is 6.85. The largest absolute Gasteiger partial charge is 0.284 e. The number of anilines is 1. The summed E-state index contributed by atoms with van der Waals surface area (Å²) in [4.78, 5) is 0. The molecule has 0 spiro atoms. The van der Waals surface area contributed by atoms with Crippen molar-refractivity contribution < 1.29 is 8.42 Å². The molecule has 114 valence electrons. The summed E-state index contributed by atoms with van der Waals surface area (Å²) >= 11 is 0. The minimum Gasteiger partial charge on any atom is -0.284 e. The van der Waals surface area contributed by atoms with Crippen LogP contribution in [0.5, 0.6) is 0 Å². The van der Waals surface area contributed by atoms with Crippen molar-refractivity contribution in [1.29, 1.82) is 0 Å². The van der Waals surface area contributed by atoms with Crippen LogP contribution in [-0.4, -0.2) is 34.0 Å². The second-order valence-corrected chi connectivity index (χ2v) is 6.69. The first-order valence-corrected chi connectivity index (χ1v) is 8.50. The molecule has 0 radical (unpaired) electrons. The van der Waals surface area contributed by atoms with Crippen molar-refractivity contribution in [3.63, 3.8) is 0 Å². The molecule has 0 atom stereocenters. The monoisotopic (exact) mass is 317 g/mol. The van der Waals surface area contributed by atoms with Crippen LogP contribution in [0.25, 0.3) is 16.9 Å². The van der Waals surface area contributed by atoms with E-state index in [1.54, 1.807) is 16.6 Å². The highest BCUT2D eigenvalue weighted by Gasteiger charge is 2.09. The van der Waals surface area contributed by atoms with Crippen molar-refractivity contribution >= 4 is 21.4 Å². The highest BCUT2D eigenvalue weighted by molar-refractivity contribution is 7.92. The first-order chi connectivity index (χ1) is 10.6. The van der Waals surface area contributed by atoms with Gasteiger partial charge < -0.3 is 0 Å². The Bertz CT molecular complexity index is 887. The zero-order chi connectivity index (χ0) is 15.6. The van der Waals surface area contributed by atoms with Crippen LogP contribution in [0.4, 0.5) is 5.69 Å². The van der Waals surface area contributed by atoms with Crippen molar-refractivity contribution in [2.45, 2.75) is 13.3 Å². The van der Waals surface area contributed by atoms with Gasteiger partial charge in [-0.1, -0.05) is 19.1 Å². The Morgan fingerprint density at radius 3 is 2.64 bits per heavy atom. The molecule has 0 aliphatic heterocycles. The van der Waals surface area contributed by atoms with Crippen LogP contribution in [0.2, 0.25) is 0 Å². The van der Waals surface area contributed by atoms with E-state index in [1.807, 2.05) is 31.2 Å². The van der Waals surface area contributed by atoms with Gasteiger partial charge in [0, 0.05) is 11.3 Å². The summed E-state index contributed by atoms with van der Waals surface area (Å²) in [6.45, 7) is 1.83. The van der Waals surface area contributed by atoms with E-state index in [0.29, 0.717) is 17.8 Å². The smallest absolute Gasteiger partial charge is 0.232 e. The van der Waals surface area contributed by atoms with Crippen molar-refractivity contribution in [2.75, 3.05) is 10.5 Å². The Morgan fingerprint density at radius 1 is 1.14 bits per heavy atom. The minimum absolute atomic E-state index is 0.112. The van der Waals surface area contributed by atoms with Gasteiger partial charge in [-0.15, -0.1) is 10.2 Å². The molecule has 0 bridgehead atoms. The lowest BCUT2D eigenvalue weighted by Crippen LogP contribution is -2.15. The fourth-order valence-corrected chi connectivity index (χ4v) is 3.23. The lowest BCUT2D eigenvalue weighted by Gasteiger charge is -2.08. The molecule has 0 amide bonds. The molecule has 22 heavy (non-hydrogen) atoms. The Morgan fingerprint density at radius 2 is 1.91 bits per heavy atom. The van der Waals surface area contributed by atoms with Crippen molar-refractivity contribution in [3.05, 3.63) is 42.7 Å². The number of sulfonamides is 1. The summed E-state index contributed by atoms with van der Waals surface area (Å²) in [6, 6.07) is 10.8. The quantitative estimate of drug-likeness (QED) is 0.777. The number of aromatic nitrogens is 4. The van der Waals surface area contributed by atoms with Crippen molar-refractivity contribution in [2.24, 2.45) is 0 Å². The van der Waals surface area contributed by atoms with Crippen LogP contribution in [0.15, 0.2) is 42.7 Å². The second kappa shape index (κ2) is 5.72. The summed E-state index contributed by atoms with van der Waals surface area (Å²) in [5.74, 6) is 0.112. The zero-order valence-electron chi connectivity index (χ0n) is 12.0. The number of hydrogen-bond acceptors (Lipinski definition) is 5. The van der Waals surface area contributed by atoms with Gasteiger partial charge in [-0.3, -0.25) is 4.72 Å². The zero-order valence-corrected chi connectivity index (χ0v) is 12.8. The van der Waals surface area contributed by atoms with Crippen molar-refractivity contribution in [1.82, 2.24) is 19.8 Å². The molecule has 1 N–H and O–H groups in total. The van der Waals surface area contributed by atoms with Gasteiger partial charge in [0.15, 0.2) is 5.65 Å². The predicted octanol–water partition coefficient (Wildman–Crippen LogP) is 1.94. The number of hydrogen-bond donors (Lipinski definition) is 1. The van der Waals surface area contributed by atoms with Gasteiger partial charge in [-0.2, -0.15) is 9.61 Å². The third-order valence-corrected chi connectivity index (χ3v) is 4.58. The van der Waals surface area contributed by atoms with Crippen LogP contribution in [0.3, 0.4) is 0 Å². The van der Waals surface area contributed by atoms with E-state index in [4.69, 9.17) is 0 Å². The molecule has 3 aromatic rings. The maximum absolute atomic E-state index is 11.7. The molecule has 8 heteroatoms. The Balaban J connectivity index is 1.84. The summed E-state index contributed by atoms with van der Waals surface area (Å²) in [5, 5.41) is 12.1. The molecule has 2 aromatic heterocycles. The Hall–Kier alpha value is -2.48. The minimum atomic E-state index is -3.27. The lowest BCUT2D eigenvalue weighted by atomic mass is 10.1. The van der Waals surface area contributed by atoms with Crippen LogP contribution in [0.1, 0.15) is 13.3 Å².